The molecule has 5 nitrogen and oxygen atoms in total. The van der Waals surface area contributed by atoms with Crippen LogP contribution < -0.4 is 11.1 Å². The minimum atomic E-state index is 0.0531. The van der Waals surface area contributed by atoms with Gasteiger partial charge in [-0.1, -0.05) is 6.42 Å². The Hall–Kier alpha value is -1.88. The number of nitrogens with two attached hydrogens (primary N) is 1. The Balaban J connectivity index is 1.73. The van der Waals surface area contributed by atoms with E-state index in [1.165, 1.54) is 0 Å². The van der Waals surface area contributed by atoms with Crippen molar-refractivity contribution < 1.29 is 4.79 Å². The molecule has 1 aliphatic rings. The van der Waals surface area contributed by atoms with Gasteiger partial charge < -0.3 is 11.1 Å². The van der Waals surface area contributed by atoms with Crippen LogP contribution in [0.25, 0.3) is 10.9 Å². The molecule has 1 aromatic carbocycles. The van der Waals surface area contributed by atoms with Crippen LogP contribution in [0.15, 0.2) is 24.4 Å². The molecule has 0 bridgehead atoms. The zero-order valence-corrected chi connectivity index (χ0v) is 13.2. The highest BCUT2D eigenvalue weighted by molar-refractivity contribution is 5.93. The predicted octanol–water partition coefficient (Wildman–Crippen LogP) is 3.07. The first-order valence-electron chi connectivity index (χ1n) is 8.07. The van der Waals surface area contributed by atoms with Gasteiger partial charge >= 0.3 is 0 Å². The van der Waals surface area contributed by atoms with E-state index in [1.807, 2.05) is 29.1 Å². The lowest BCUT2D eigenvalue weighted by Gasteiger charge is -2.15. The number of nitrogens with one attached hydrogen (secondary N) is 1. The summed E-state index contributed by atoms with van der Waals surface area (Å²) in [5.41, 5.74) is 7.91. The normalized spacial score (nSPS) is 21.6. The molecule has 1 saturated carbocycles. The number of rotatable bonds is 4. The number of benzene rings is 1. The summed E-state index contributed by atoms with van der Waals surface area (Å²) in [6.45, 7) is 4.19. The molecule has 3 N–H and O–H groups in total. The first-order valence-corrected chi connectivity index (χ1v) is 8.07. The van der Waals surface area contributed by atoms with Crippen LogP contribution in [0, 0.1) is 5.92 Å². The van der Waals surface area contributed by atoms with Crippen LogP contribution >= 0.6 is 0 Å². The van der Waals surface area contributed by atoms with E-state index in [0.29, 0.717) is 18.4 Å². The molecule has 0 aliphatic heterocycles. The van der Waals surface area contributed by atoms with Crippen molar-refractivity contribution in [3.8, 4) is 0 Å². The molecule has 1 heterocycles. The molecule has 2 atom stereocenters. The average molecular weight is 300 g/mol. The Bertz CT molecular complexity index is 676. The van der Waals surface area contributed by atoms with Crippen LogP contribution in [0.3, 0.4) is 0 Å². The Kier molecular flexibility index (Phi) is 4.16. The van der Waals surface area contributed by atoms with Crippen LogP contribution in [0.1, 0.15) is 45.6 Å². The summed E-state index contributed by atoms with van der Waals surface area (Å²) in [7, 11) is 0. The largest absolute Gasteiger partial charge is 0.327 e. The molecule has 118 valence electrons. The number of amides is 1. The highest BCUT2D eigenvalue weighted by atomic mass is 16.1. The van der Waals surface area contributed by atoms with Crippen molar-refractivity contribution in [1.29, 1.82) is 0 Å². The molecular formula is C17H24N4O. The van der Waals surface area contributed by atoms with Crippen LogP contribution in [0.4, 0.5) is 5.69 Å². The van der Waals surface area contributed by atoms with Gasteiger partial charge in [0.15, 0.2) is 0 Å². The third-order valence-electron chi connectivity index (χ3n) is 4.54. The van der Waals surface area contributed by atoms with Crippen molar-refractivity contribution in [2.75, 3.05) is 5.32 Å². The zero-order valence-electron chi connectivity index (χ0n) is 13.2. The molecule has 5 heteroatoms. The first-order chi connectivity index (χ1) is 10.5. The van der Waals surface area contributed by atoms with Gasteiger partial charge in [-0.05, 0) is 50.8 Å². The lowest BCUT2D eigenvalue weighted by molar-refractivity contribution is -0.117. The van der Waals surface area contributed by atoms with Gasteiger partial charge in [0, 0.05) is 29.6 Å². The van der Waals surface area contributed by atoms with E-state index in [2.05, 4.69) is 24.3 Å². The second-order valence-electron chi connectivity index (χ2n) is 6.56. The number of aromatic nitrogens is 2. The summed E-state index contributed by atoms with van der Waals surface area (Å²) in [6.07, 6.45) is 5.62. The molecule has 0 saturated heterocycles. The average Bonchev–Trinajstić information content (AvgIpc) is 3.05. The number of carbonyl (C=O) groups excluding carboxylic acids is 1. The number of nitrogens with zero attached hydrogens (tertiary/aromatic N) is 2. The van der Waals surface area contributed by atoms with E-state index < -0.39 is 0 Å². The van der Waals surface area contributed by atoms with Crippen molar-refractivity contribution >= 4 is 22.5 Å². The minimum absolute atomic E-state index is 0.0531. The Morgan fingerprint density at radius 2 is 2.27 bits per heavy atom. The molecule has 0 unspecified atom stereocenters. The Morgan fingerprint density at radius 3 is 2.95 bits per heavy atom. The van der Waals surface area contributed by atoms with E-state index in [-0.39, 0.29) is 11.9 Å². The lowest BCUT2D eigenvalue weighted by atomic mass is 10.00. The highest BCUT2D eigenvalue weighted by Gasteiger charge is 2.26. The molecule has 1 aromatic heterocycles. The van der Waals surface area contributed by atoms with E-state index in [0.717, 1.165) is 35.9 Å². The van der Waals surface area contributed by atoms with Crippen molar-refractivity contribution in [2.45, 2.75) is 51.6 Å². The number of carbonyl (C=O) groups is 1. The van der Waals surface area contributed by atoms with Crippen LogP contribution in [-0.4, -0.2) is 21.7 Å². The topological polar surface area (TPSA) is 72.9 Å². The maximum absolute atomic E-state index is 12.2. The molecule has 22 heavy (non-hydrogen) atoms. The van der Waals surface area contributed by atoms with Crippen molar-refractivity contribution in [3.05, 3.63) is 24.4 Å². The molecular weight excluding hydrogens is 276 g/mol. The van der Waals surface area contributed by atoms with E-state index in [1.54, 1.807) is 0 Å². The summed E-state index contributed by atoms with van der Waals surface area (Å²) in [6, 6.07) is 6.39. The monoisotopic (exact) mass is 300 g/mol. The molecule has 1 aliphatic carbocycles. The first kappa shape index (κ1) is 15.0. The summed E-state index contributed by atoms with van der Waals surface area (Å²) in [5, 5.41) is 8.48. The van der Waals surface area contributed by atoms with E-state index >= 15 is 0 Å². The molecule has 1 amide bonds. The van der Waals surface area contributed by atoms with Gasteiger partial charge in [0.05, 0.1) is 11.7 Å². The Morgan fingerprint density at radius 1 is 1.45 bits per heavy atom. The van der Waals surface area contributed by atoms with Gasteiger partial charge in [-0.3, -0.25) is 9.48 Å². The Labute approximate surface area is 130 Å². The summed E-state index contributed by atoms with van der Waals surface area (Å²) in [5.74, 6) is 0.377. The van der Waals surface area contributed by atoms with Crippen LogP contribution in [-0.2, 0) is 4.79 Å². The summed E-state index contributed by atoms with van der Waals surface area (Å²) in [4.78, 5) is 12.2. The lowest BCUT2D eigenvalue weighted by Crippen LogP contribution is -2.28. The second kappa shape index (κ2) is 6.08. The van der Waals surface area contributed by atoms with Gasteiger partial charge in [0.1, 0.15) is 0 Å². The standard InChI is InChI=1S/C17H24N4O/c1-11(2)21-16-9-14(7-6-13(16)10-19-21)20-17(22)8-12-4-3-5-15(12)18/h6-7,9-12,15H,3-5,8,18H2,1-2H3,(H,20,22)/t12-,15+/m0/s1. The second-order valence-corrected chi connectivity index (χ2v) is 6.56. The van der Waals surface area contributed by atoms with Crippen LogP contribution in [0.5, 0.6) is 0 Å². The molecule has 2 aromatic rings. The maximum Gasteiger partial charge on any atom is 0.224 e. The van der Waals surface area contributed by atoms with Gasteiger partial charge in [0.2, 0.25) is 5.91 Å². The molecule has 0 spiro atoms. The van der Waals surface area contributed by atoms with E-state index in [4.69, 9.17) is 5.73 Å². The quantitative estimate of drug-likeness (QED) is 0.911. The zero-order chi connectivity index (χ0) is 15.7. The fraction of sp³-hybridized carbons (Fsp3) is 0.529. The third-order valence-corrected chi connectivity index (χ3v) is 4.54. The SMILES string of the molecule is CC(C)n1ncc2ccc(NC(=O)C[C@@H]3CCC[C@H]3N)cc21. The number of anilines is 1. The number of hydrogen-bond donors (Lipinski definition) is 2. The molecule has 0 radical (unpaired) electrons. The minimum Gasteiger partial charge on any atom is -0.327 e. The maximum atomic E-state index is 12.2. The fourth-order valence-corrected chi connectivity index (χ4v) is 3.30. The number of hydrogen-bond acceptors (Lipinski definition) is 3. The fourth-order valence-electron chi connectivity index (χ4n) is 3.30. The smallest absolute Gasteiger partial charge is 0.224 e. The van der Waals surface area contributed by atoms with Gasteiger partial charge in [-0.2, -0.15) is 5.10 Å². The van der Waals surface area contributed by atoms with Crippen molar-refractivity contribution in [3.63, 3.8) is 0 Å². The van der Waals surface area contributed by atoms with Crippen molar-refractivity contribution in [2.24, 2.45) is 11.7 Å². The van der Waals surface area contributed by atoms with Gasteiger partial charge in [0.25, 0.3) is 0 Å². The number of fused-ring (bicyclic) bond motifs is 1. The van der Waals surface area contributed by atoms with Crippen molar-refractivity contribution in [1.82, 2.24) is 9.78 Å². The van der Waals surface area contributed by atoms with Gasteiger partial charge in [-0.15, -0.1) is 0 Å². The molecule has 3 rings (SSSR count). The summed E-state index contributed by atoms with van der Waals surface area (Å²) < 4.78 is 1.97. The van der Waals surface area contributed by atoms with Crippen LogP contribution in [0.2, 0.25) is 0 Å². The van der Waals surface area contributed by atoms with Gasteiger partial charge in [-0.25, -0.2) is 0 Å². The summed E-state index contributed by atoms with van der Waals surface area (Å²) >= 11 is 0. The van der Waals surface area contributed by atoms with E-state index in [9.17, 15) is 4.79 Å². The molecule has 1 fully saturated rings. The third kappa shape index (κ3) is 2.99. The predicted molar refractivity (Wildman–Crippen MR) is 88.7 cm³/mol. The highest BCUT2D eigenvalue weighted by Crippen LogP contribution is 2.27.